The number of aryl methyl sites for hydroxylation is 2. The van der Waals surface area contributed by atoms with Crippen LogP contribution in [0.4, 0.5) is 0 Å². The third kappa shape index (κ3) is 3.02. The molecule has 2 aromatic carbocycles. The number of hydrogen-bond acceptors (Lipinski definition) is 0. The summed E-state index contributed by atoms with van der Waals surface area (Å²) in [6.07, 6.45) is 0. The largest absolute Gasteiger partial charge is 0.113 e. The Morgan fingerprint density at radius 2 is 1.65 bits per heavy atom. The van der Waals surface area contributed by atoms with Crippen molar-refractivity contribution >= 4 is 34.2 Å². The van der Waals surface area contributed by atoms with Crippen LogP contribution in [0.3, 0.4) is 0 Å². The van der Waals surface area contributed by atoms with Crippen LogP contribution in [0.15, 0.2) is 42.5 Å². The second-order valence-electron chi connectivity index (χ2n) is 4.27. The fourth-order valence-corrected chi connectivity index (χ4v) is 2.58. The number of halogens is 2. The minimum atomic E-state index is -0.0631. The van der Waals surface area contributed by atoms with E-state index in [1.807, 2.05) is 0 Å². The molecule has 1 atom stereocenters. The van der Waals surface area contributed by atoms with E-state index in [1.165, 1.54) is 20.3 Å². The number of rotatable bonds is 2. The molecule has 2 rings (SSSR count). The van der Waals surface area contributed by atoms with Crippen LogP contribution in [0.25, 0.3) is 0 Å². The molecule has 17 heavy (non-hydrogen) atoms. The molecule has 2 heteroatoms. The number of alkyl halides is 1. The summed E-state index contributed by atoms with van der Waals surface area (Å²) < 4.78 is 1.23. The molecule has 0 saturated carbocycles. The summed E-state index contributed by atoms with van der Waals surface area (Å²) in [6, 6.07) is 14.8. The second-order valence-corrected chi connectivity index (χ2v) is 5.96. The summed E-state index contributed by atoms with van der Waals surface area (Å²) in [5.41, 5.74) is 4.85. The first-order valence-corrected chi connectivity index (χ1v) is 7.06. The van der Waals surface area contributed by atoms with Crippen molar-refractivity contribution in [1.29, 1.82) is 0 Å². The first-order valence-electron chi connectivity index (χ1n) is 5.54. The molecule has 0 fully saturated rings. The predicted molar refractivity (Wildman–Crippen MR) is 82.8 cm³/mol. The fraction of sp³-hybridized carbons (Fsp3) is 0.200. The Hall–Kier alpha value is -0.540. The van der Waals surface area contributed by atoms with E-state index in [0.29, 0.717) is 0 Å². The zero-order valence-electron chi connectivity index (χ0n) is 9.87. The predicted octanol–water partition coefficient (Wildman–Crippen LogP) is 5.24. The standard InChI is InChI=1S/C15H14ClI/c1-10-3-4-11(2)14(9-10)15(16)12-5-7-13(17)8-6-12/h3-9,15H,1-2H3. The Kier molecular flexibility index (Phi) is 4.10. The SMILES string of the molecule is Cc1ccc(C)c(C(Cl)c2ccc(I)cc2)c1. The van der Waals surface area contributed by atoms with Crippen molar-refractivity contribution in [3.8, 4) is 0 Å². The fourth-order valence-electron chi connectivity index (χ4n) is 1.84. The van der Waals surface area contributed by atoms with Crippen molar-refractivity contribution in [2.75, 3.05) is 0 Å². The van der Waals surface area contributed by atoms with Gasteiger partial charge in [-0.1, -0.05) is 35.9 Å². The van der Waals surface area contributed by atoms with Gasteiger partial charge in [0.05, 0.1) is 5.38 Å². The van der Waals surface area contributed by atoms with Gasteiger partial charge in [-0.15, -0.1) is 11.6 Å². The highest BCUT2D eigenvalue weighted by atomic mass is 127. The Bertz CT molecular complexity index is 517. The van der Waals surface area contributed by atoms with Crippen LogP contribution < -0.4 is 0 Å². The zero-order chi connectivity index (χ0) is 12.4. The smallest absolute Gasteiger partial charge is 0.0838 e. The van der Waals surface area contributed by atoms with Crippen LogP contribution in [0.1, 0.15) is 27.6 Å². The molecule has 0 spiro atoms. The molecular formula is C15H14ClI. The van der Waals surface area contributed by atoms with Crippen molar-refractivity contribution in [2.24, 2.45) is 0 Å². The molecule has 0 saturated heterocycles. The Labute approximate surface area is 121 Å². The van der Waals surface area contributed by atoms with Crippen molar-refractivity contribution in [2.45, 2.75) is 19.2 Å². The van der Waals surface area contributed by atoms with Gasteiger partial charge < -0.3 is 0 Å². The van der Waals surface area contributed by atoms with E-state index in [0.717, 1.165) is 5.56 Å². The molecular weight excluding hydrogens is 343 g/mol. The maximum Gasteiger partial charge on any atom is 0.0838 e. The van der Waals surface area contributed by atoms with Crippen LogP contribution in [0.2, 0.25) is 0 Å². The Balaban J connectivity index is 2.39. The molecule has 2 aromatic rings. The van der Waals surface area contributed by atoms with Gasteiger partial charge in [-0.2, -0.15) is 0 Å². The Morgan fingerprint density at radius 3 is 2.29 bits per heavy atom. The zero-order valence-corrected chi connectivity index (χ0v) is 12.8. The molecule has 0 aliphatic heterocycles. The summed E-state index contributed by atoms with van der Waals surface area (Å²) in [5.74, 6) is 0. The summed E-state index contributed by atoms with van der Waals surface area (Å²) in [6.45, 7) is 4.21. The average Bonchev–Trinajstić information content (AvgIpc) is 2.32. The van der Waals surface area contributed by atoms with Gasteiger partial charge in [0, 0.05) is 3.57 Å². The molecule has 0 bridgehead atoms. The monoisotopic (exact) mass is 356 g/mol. The van der Waals surface area contributed by atoms with Crippen LogP contribution in [-0.4, -0.2) is 0 Å². The Morgan fingerprint density at radius 1 is 1.00 bits per heavy atom. The van der Waals surface area contributed by atoms with Gasteiger partial charge in [0.1, 0.15) is 0 Å². The van der Waals surface area contributed by atoms with E-state index >= 15 is 0 Å². The lowest BCUT2D eigenvalue weighted by Crippen LogP contribution is -1.97. The highest BCUT2D eigenvalue weighted by molar-refractivity contribution is 14.1. The van der Waals surface area contributed by atoms with Crippen LogP contribution >= 0.6 is 34.2 Å². The van der Waals surface area contributed by atoms with Crippen molar-refractivity contribution in [1.82, 2.24) is 0 Å². The molecule has 0 aliphatic carbocycles. The molecule has 0 N–H and O–H groups in total. The van der Waals surface area contributed by atoms with Crippen LogP contribution in [0.5, 0.6) is 0 Å². The third-order valence-corrected chi connectivity index (χ3v) is 4.08. The molecule has 1 unspecified atom stereocenters. The number of hydrogen-bond donors (Lipinski definition) is 0. The van der Waals surface area contributed by atoms with Gasteiger partial charge in [-0.05, 0) is 65.3 Å². The first kappa shape index (κ1) is 12.9. The maximum absolute atomic E-state index is 6.56. The van der Waals surface area contributed by atoms with Crippen LogP contribution in [0, 0.1) is 17.4 Å². The molecule has 0 amide bonds. The molecule has 0 radical (unpaired) electrons. The van der Waals surface area contributed by atoms with Gasteiger partial charge in [0.25, 0.3) is 0 Å². The van der Waals surface area contributed by atoms with E-state index in [1.54, 1.807) is 0 Å². The van der Waals surface area contributed by atoms with Gasteiger partial charge in [0.15, 0.2) is 0 Å². The third-order valence-electron chi connectivity index (χ3n) is 2.87. The normalized spacial score (nSPS) is 12.5. The molecule has 0 nitrogen and oxygen atoms in total. The number of benzene rings is 2. The van der Waals surface area contributed by atoms with Gasteiger partial charge in [0.2, 0.25) is 0 Å². The summed E-state index contributed by atoms with van der Waals surface area (Å²) in [4.78, 5) is 0. The van der Waals surface area contributed by atoms with E-state index < -0.39 is 0 Å². The summed E-state index contributed by atoms with van der Waals surface area (Å²) >= 11 is 8.86. The second kappa shape index (κ2) is 5.40. The van der Waals surface area contributed by atoms with E-state index in [9.17, 15) is 0 Å². The molecule has 88 valence electrons. The van der Waals surface area contributed by atoms with Gasteiger partial charge in [-0.3, -0.25) is 0 Å². The average molecular weight is 357 g/mol. The highest BCUT2D eigenvalue weighted by Crippen LogP contribution is 2.31. The van der Waals surface area contributed by atoms with E-state index in [4.69, 9.17) is 11.6 Å². The van der Waals surface area contributed by atoms with E-state index in [2.05, 4.69) is 78.9 Å². The topological polar surface area (TPSA) is 0 Å². The lowest BCUT2D eigenvalue weighted by Gasteiger charge is -2.14. The molecule has 0 aromatic heterocycles. The van der Waals surface area contributed by atoms with Crippen molar-refractivity contribution < 1.29 is 0 Å². The summed E-state index contributed by atoms with van der Waals surface area (Å²) in [5, 5.41) is -0.0631. The summed E-state index contributed by atoms with van der Waals surface area (Å²) in [7, 11) is 0. The minimum absolute atomic E-state index is 0.0631. The lowest BCUT2D eigenvalue weighted by molar-refractivity contribution is 1.10. The quantitative estimate of drug-likeness (QED) is 0.510. The van der Waals surface area contributed by atoms with Crippen LogP contribution in [-0.2, 0) is 0 Å². The highest BCUT2D eigenvalue weighted by Gasteiger charge is 2.13. The van der Waals surface area contributed by atoms with Crippen molar-refractivity contribution in [3.63, 3.8) is 0 Å². The van der Waals surface area contributed by atoms with Gasteiger partial charge in [-0.25, -0.2) is 0 Å². The molecule has 0 heterocycles. The molecule has 0 aliphatic rings. The van der Waals surface area contributed by atoms with Gasteiger partial charge >= 0.3 is 0 Å². The van der Waals surface area contributed by atoms with E-state index in [-0.39, 0.29) is 5.38 Å². The maximum atomic E-state index is 6.56. The first-order chi connectivity index (χ1) is 8.08. The van der Waals surface area contributed by atoms with Crippen molar-refractivity contribution in [3.05, 3.63) is 68.3 Å². The minimum Gasteiger partial charge on any atom is -0.113 e. The lowest BCUT2D eigenvalue weighted by atomic mass is 9.98.